The van der Waals surface area contributed by atoms with Crippen molar-refractivity contribution in [2.45, 2.75) is 19.4 Å². The van der Waals surface area contributed by atoms with Gasteiger partial charge in [0.1, 0.15) is 0 Å². The first kappa shape index (κ1) is 16.5. The molecule has 2 heterocycles. The van der Waals surface area contributed by atoms with E-state index in [2.05, 4.69) is 10.6 Å². The number of hydrogen-bond donors (Lipinski definition) is 2. The Kier molecular flexibility index (Phi) is 4.81. The fourth-order valence-electron chi connectivity index (χ4n) is 3.05. The lowest BCUT2D eigenvalue weighted by Crippen LogP contribution is -2.25. The minimum atomic E-state index is -0.0387. The van der Waals surface area contributed by atoms with Gasteiger partial charge >= 0.3 is 0 Å². The fourth-order valence-corrected chi connectivity index (χ4v) is 3.05. The second-order valence-electron chi connectivity index (χ2n) is 5.73. The first-order valence-electron chi connectivity index (χ1n) is 7.84. The van der Waals surface area contributed by atoms with E-state index in [0.717, 1.165) is 53.3 Å². The molecule has 0 aromatic heterocycles. The third-order valence-electron chi connectivity index (χ3n) is 4.23. The third kappa shape index (κ3) is 3.12. The molecule has 2 N–H and O–H groups in total. The van der Waals surface area contributed by atoms with E-state index in [0.29, 0.717) is 6.54 Å². The van der Waals surface area contributed by atoms with Crippen molar-refractivity contribution in [2.75, 3.05) is 18.7 Å². The highest BCUT2D eigenvalue weighted by molar-refractivity contribution is 5.97. The molecule has 0 unspecified atom stereocenters. The maximum atomic E-state index is 12.5. The number of carbonyl (C=O) groups is 1. The Morgan fingerprint density at radius 3 is 2.96 bits per heavy atom. The number of carbonyl (C=O) groups excluding carboxylic acids is 1. The highest BCUT2D eigenvalue weighted by Crippen LogP contribution is 2.32. The lowest BCUT2D eigenvalue weighted by atomic mass is 9.97. The van der Waals surface area contributed by atoms with E-state index < -0.39 is 0 Å². The molecule has 5 nitrogen and oxygen atoms in total. The lowest BCUT2D eigenvalue weighted by molar-refractivity contribution is 0.0950. The van der Waals surface area contributed by atoms with Gasteiger partial charge in [0.05, 0.1) is 0 Å². The molecule has 2 aromatic carbocycles. The number of anilines is 1. The van der Waals surface area contributed by atoms with Crippen molar-refractivity contribution in [1.82, 2.24) is 5.32 Å². The van der Waals surface area contributed by atoms with Crippen LogP contribution < -0.4 is 20.1 Å². The summed E-state index contributed by atoms with van der Waals surface area (Å²) in [6, 6.07) is 11.6. The van der Waals surface area contributed by atoms with Gasteiger partial charge in [-0.25, -0.2) is 0 Å². The van der Waals surface area contributed by atoms with Gasteiger partial charge in [-0.1, -0.05) is 12.1 Å². The molecule has 2 aromatic rings. The SMILES string of the molecule is Cl.O=C(NCc1ccc2c(c1)OCO2)c1cccc2c1CCCN2. The molecule has 24 heavy (non-hydrogen) atoms. The van der Waals surface area contributed by atoms with Crippen LogP contribution in [0.25, 0.3) is 0 Å². The number of amides is 1. The number of fused-ring (bicyclic) bond motifs is 2. The first-order chi connectivity index (χ1) is 11.3. The third-order valence-corrected chi connectivity index (χ3v) is 4.23. The van der Waals surface area contributed by atoms with Crippen LogP contribution in [0.3, 0.4) is 0 Å². The smallest absolute Gasteiger partial charge is 0.251 e. The molecule has 0 atom stereocenters. The van der Waals surface area contributed by atoms with Gasteiger partial charge in [0, 0.05) is 24.3 Å². The zero-order valence-corrected chi connectivity index (χ0v) is 13.9. The van der Waals surface area contributed by atoms with Crippen LogP contribution in [-0.2, 0) is 13.0 Å². The van der Waals surface area contributed by atoms with Crippen molar-refractivity contribution in [1.29, 1.82) is 0 Å². The van der Waals surface area contributed by atoms with E-state index in [1.54, 1.807) is 0 Å². The van der Waals surface area contributed by atoms with Crippen molar-refractivity contribution in [3.05, 3.63) is 53.1 Å². The number of hydrogen-bond acceptors (Lipinski definition) is 4. The van der Waals surface area contributed by atoms with Crippen molar-refractivity contribution >= 4 is 24.0 Å². The Hall–Kier alpha value is -2.40. The van der Waals surface area contributed by atoms with Gasteiger partial charge in [0.2, 0.25) is 6.79 Å². The number of benzene rings is 2. The van der Waals surface area contributed by atoms with Gasteiger partial charge in [0.25, 0.3) is 5.91 Å². The van der Waals surface area contributed by atoms with Crippen LogP contribution in [0.15, 0.2) is 36.4 Å². The zero-order valence-electron chi connectivity index (χ0n) is 13.1. The largest absolute Gasteiger partial charge is 0.454 e. The quantitative estimate of drug-likeness (QED) is 0.896. The van der Waals surface area contributed by atoms with Gasteiger partial charge in [-0.3, -0.25) is 4.79 Å². The molecule has 2 aliphatic rings. The minimum Gasteiger partial charge on any atom is -0.454 e. The monoisotopic (exact) mass is 346 g/mol. The van der Waals surface area contributed by atoms with E-state index >= 15 is 0 Å². The van der Waals surface area contributed by atoms with E-state index in [9.17, 15) is 4.79 Å². The number of ether oxygens (including phenoxy) is 2. The molecule has 0 saturated carbocycles. The van der Waals surface area contributed by atoms with E-state index in [4.69, 9.17) is 9.47 Å². The van der Waals surface area contributed by atoms with E-state index in [-0.39, 0.29) is 25.1 Å². The predicted octanol–water partition coefficient (Wildman–Crippen LogP) is 3.13. The van der Waals surface area contributed by atoms with Crippen LogP contribution in [-0.4, -0.2) is 19.2 Å². The Morgan fingerprint density at radius 1 is 1.17 bits per heavy atom. The summed E-state index contributed by atoms with van der Waals surface area (Å²) in [7, 11) is 0. The van der Waals surface area contributed by atoms with E-state index in [1.807, 2.05) is 36.4 Å². The second-order valence-corrected chi connectivity index (χ2v) is 5.73. The van der Waals surface area contributed by atoms with Gasteiger partial charge in [0.15, 0.2) is 11.5 Å². The number of halogens is 1. The van der Waals surface area contributed by atoms with Gasteiger partial charge in [-0.05, 0) is 48.2 Å². The summed E-state index contributed by atoms with van der Waals surface area (Å²) < 4.78 is 10.7. The van der Waals surface area contributed by atoms with Crippen LogP contribution in [0.2, 0.25) is 0 Å². The lowest BCUT2D eigenvalue weighted by Gasteiger charge is -2.20. The Morgan fingerprint density at radius 2 is 2.04 bits per heavy atom. The molecule has 0 spiro atoms. The fraction of sp³-hybridized carbons (Fsp3) is 0.278. The summed E-state index contributed by atoms with van der Waals surface area (Å²) in [5, 5.41) is 6.34. The van der Waals surface area contributed by atoms with Crippen LogP contribution >= 0.6 is 12.4 Å². The minimum absolute atomic E-state index is 0. The molecule has 0 bridgehead atoms. The molecule has 126 valence electrons. The maximum absolute atomic E-state index is 12.5. The average molecular weight is 347 g/mol. The summed E-state index contributed by atoms with van der Waals surface area (Å²) in [4.78, 5) is 12.5. The first-order valence-corrected chi connectivity index (χ1v) is 7.84. The Bertz CT molecular complexity index is 764. The molecule has 1 amide bonds. The predicted molar refractivity (Wildman–Crippen MR) is 94.2 cm³/mol. The molecule has 0 aliphatic carbocycles. The average Bonchev–Trinajstić information content (AvgIpc) is 3.07. The summed E-state index contributed by atoms with van der Waals surface area (Å²) in [5.74, 6) is 1.45. The summed E-state index contributed by atoms with van der Waals surface area (Å²) in [5.41, 5.74) is 3.94. The van der Waals surface area contributed by atoms with Gasteiger partial charge in [-0.2, -0.15) is 0 Å². The van der Waals surface area contributed by atoms with Crippen LogP contribution in [0.4, 0.5) is 5.69 Å². The van der Waals surface area contributed by atoms with Crippen molar-refractivity contribution in [2.24, 2.45) is 0 Å². The van der Waals surface area contributed by atoms with Crippen molar-refractivity contribution in [3.63, 3.8) is 0 Å². The normalized spacial score (nSPS) is 14.2. The molecule has 0 radical (unpaired) electrons. The molecule has 0 fully saturated rings. The Balaban J connectivity index is 0.00000169. The van der Waals surface area contributed by atoms with Crippen molar-refractivity contribution in [3.8, 4) is 11.5 Å². The molecule has 4 rings (SSSR count). The van der Waals surface area contributed by atoms with Gasteiger partial charge in [-0.15, -0.1) is 12.4 Å². The van der Waals surface area contributed by atoms with E-state index in [1.165, 1.54) is 0 Å². The molecule has 0 saturated heterocycles. The second kappa shape index (κ2) is 7.01. The number of nitrogens with one attached hydrogen (secondary N) is 2. The van der Waals surface area contributed by atoms with Gasteiger partial charge < -0.3 is 20.1 Å². The summed E-state index contributed by atoms with van der Waals surface area (Å²) in [6.07, 6.45) is 2.00. The molecular formula is C18H19ClN2O3. The highest BCUT2D eigenvalue weighted by Gasteiger charge is 2.18. The molecular weight excluding hydrogens is 328 g/mol. The van der Waals surface area contributed by atoms with Crippen LogP contribution in [0, 0.1) is 0 Å². The summed E-state index contributed by atoms with van der Waals surface area (Å²) in [6.45, 7) is 1.69. The topological polar surface area (TPSA) is 59.6 Å². The highest BCUT2D eigenvalue weighted by atomic mass is 35.5. The van der Waals surface area contributed by atoms with Crippen LogP contribution in [0.1, 0.15) is 27.9 Å². The molecule has 6 heteroatoms. The number of rotatable bonds is 3. The molecule has 2 aliphatic heterocycles. The van der Waals surface area contributed by atoms with Crippen LogP contribution in [0.5, 0.6) is 11.5 Å². The summed E-state index contributed by atoms with van der Waals surface area (Å²) >= 11 is 0. The standard InChI is InChI=1S/C18H18N2O3.ClH/c21-18(14-3-1-5-15-13(14)4-2-8-19-15)20-10-12-6-7-16-17(9-12)23-11-22-16;/h1,3,5-7,9,19H,2,4,8,10-11H2,(H,20,21);1H. The zero-order chi connectivity index (χ0) is 15.6. The van der Waals surface area contributed by atoms with Crippen molar-refractivity contribution < 1.29 is 14.3 Å². The maximum Gasteiger partial charge on any atom is 0.251 e. The Labute approximate surface area is 146 Å².